The highest BCUT2D eigenvalue weighted by atomic mass is 35.5. The summed E-state index contributed by atoms with van der Waals surface area (Å²) in [5.41, 5.74) is 3.89. The Balaban J connectivity index is 1.30. The molecule has 0 bridgehead atoms. The van der Waals surface area contributed by atoms with E-state index in [9.17, 15) is 4.79 Å². The molecule has 1 unspecified atom stereocenters. The number of hydrogen-bond donors (Lipinski definition) is 1. The number of ether oxygens (including phenoxy) is 2. The van der Waals surface area contributed by atoms with E-state index in [4.69, 9.17) is 21.1 Å². The molecule has 1 amide bonds. The van der Waals surface area contributed by atoms with E-state index in [1.807, 2.05) is 59.9 Å². The normalized spacial score (nSPS) is 17.0. The summed E-state index contributed by atoms with van der Waals surface area (Å²) < 4.78 is 10.5. The molecule has 6 nitrogen and oxygen atoms in total. The van der Waals surface area contributed by atoms with E-state index >= 15 is 0 Å². The summed E-state index contributed by atoms with van der Waals surface area (Å²) in [7, 11) is 5.58. The molecule has 1 fully saturated rings. The first-order chi connectivity index (χ1) is 21.4. The van der Waals surface area contributed by atoms with Crippen molar-refractivity contribution in [2.24, 2.45) is 5.92 Å². The van der Waals surface area contributed by atoms with Crippen LogP contribution in [0, 0.1) is 5.92 Å². The first-order valence-corrected chi connectivity index (χ1v) is 18.0. The average Bonchev–Trinajstić information content (AvgIpc) is 3.04. The van der Waals surface area contributed by atoms with Gasteiger partial charge < -0.3 is 19.7 Å². The highest BCUT2D eigenvalue weighted by molar-refractivity contribution is 7.98. The van der Waals surface area contributed by atoms with Crippen molar-refractivity contribution in [1.29, 1.82) is 0 Å². The molecular weight excluding hydrogens is 610 g/mol. The lowest BCUT2D eigenvalue weighted by molar-refractivity contribution is -0.122. The number of benzene rings is 3. The Bertz CT molecular complexity index is 1260. The molecule has 9 heteroatoms. The molecule has 1 aliphatic heterocycles. The maximum absolute atomic E-state index is 13.1. The highest BCUT2D eigenvalue weighted by Gasteiger charge is 2.31. The molecule has 0 aromatic heterocycles. The number of nitrogens with zero attached hydrogens (tertiary/aromatic N) is 2. The van der Waals surface area contributed by atoms with Gasteiger partial charge in [-0.05, 0) is 84.9 Å². The van der Waals surface area contributed by atoms with E-state index in [1.165, 1.54) is 16.7 Å². The molecular formula is C35H46ClN3O3S2. The van der Waals surface area contributed by atoms with E-state index in [0.29, 0.717) is 24.9 Å². The third-order valence-electron chi connectivity index (χ3n) is 8.07. The molecule has 1 N–H and O–H groups in total. The fraction of sp³-hybridized carbons (Fsp3) is 0.457. The van der Waals surface area contributed by atoms with Crippen LogP contribution in [0.5, 0.6) is 11.5 Å². The van der Waals surface area contributed by atoms with Gasteiger partial charge in [-0.2, -0.15) is 23.5 Å². The van der Waals surface area contributed by atoms with Crippen LogP contribution in [0.1, 0.15) is 29.0 Å². The Hall–Kier alpha value is -2.36. The van der Waals surface area contributed by atoms with Crippen LogP contribution >= 0.6 is 35.1 Å². The predicted octanol–water partition coefficient (Wildman–Crippen LogP) is 6.68. The Morgan fingerprint density at radius 2 is 1.50 bits per heavy atom. The molecule has 4 rings (SSSR count). The van der Waals surface area contributed by atoms with Crippen molar-refractivity contribution in [1.82, 2.24) is 15.1 Å². The Morgan fingerprint density at radius 1 is 0.909 bits per heavy atom. The number of carbonyl (C=O) groups excluding carboxylic acids is 1. The number of piperidine rings is 1. The van der Waals surface area contributed by atoms with Gasteiger partial charge in [0.15, 0.2) is 0 Å². The number of likely N-dealkylation sites (tertiary alicyclic amines) is 1. The summed E-state index contributed by atoms with van der Waals surface area (Å²) in [6.45, 7) is 4.94. The van der Waals surface area contributed by atoms with Gasteiger partial charge in [0.2, 0.25) is 5.91 Å². The van der Waals surface area contributed by atoms with Gasteiger partial charge in [-0.25, -0.2) is 0 Å². The second-order valence-corrected chi connectivity index (χ2v) is 14.0. The number of hydrogen-bond acceptors (Lipinski definition) is 7. The van der Waals surface area contributed by atoms with Crippen LogP contribution in [-0.4, -0.2) is 87.7 Å². The summed E-state index contributed by atoms with van der Waals surface area (Å²) in [6.07, 6.45) is 1.11. The van der Waals surface area contributed by atoms with Crippen LogP contribution in [0.2, 0.25) is 5.02 Å². The molecule has 0 radical (unpaired) electrons. The van der Waals surface area contributed by atoms with Crippen LogP contribution in [0.15, 0.2) is 72.8 Å². The quantitative estimate of drug-likeness (QED) is 0.163. The van der Waals surface area contributed by atoms with Crippen LogP contribution in [0.4, 0.5) is 0 Å². The Morgan fingerprint density at radius 3 is 2.09 bits per heavy atom. The van der Waals surface area contributed by atoms with Crippen molar-refractivity contribution in [2.75, 3.05) is 72.0 Å². The molecule has 3 aromatic carbocycles. The minimum Gasteiger partial charge on any atom is -0.497 e. The number of halogens is 1. The molecule has 0 spiro atoms. The summed E-state index contributed by atoms with van der Waals surface area (Å²) in [5, 5.41) is 3.95. The van der Waals surface area contributed by atoms with E-state index in [-0.39, 0.29) is 5.91 Å². The van der Waals surface area contributed by atoms with Crippen LogP contribution < -0.4 is 14.8 Å². The van der Waals surface area contributed by atoms with Crippen molar-refractivity contribution >= 4 is 41.0 Å². The van der Waals surface area contributed by atoms with Gasteiger partial charge in [-0.3, -0.25) is 9.69 Å². The van der Waals surface area contributed by atoms with Gasteiger partial charge in [-0.15, -0.1) is 0 Å². The van der Waals surface area contributed by atoms with Gasteiger partial charge in [0, 0.05) is 54.2 Å². The fourth-order valence-electron chi connectivity index (χ4n) is 5.65. The first kappa shape index (κ1) is 34.5. The lowest BCUT2D eigenvalue weighted by Gasteiger charge is -2.39. The summed E-state index contributed by atoms with van der Waals surface area (Å²) in [6, 6.07) is 24.8. The maximum atomic E-state index is 13.1. The molecule has 1 saturated heterocycles. The van der Waals surface area contributed by atoms with Gasteiger partial charge in [0.05, 0.1) is 20.8 Å². The van der Waals surface area contributed by atoms with Crippen LogP contribution in [-0.2, 0) is 16.3 Å². The second kappa shape index (κ2) is 18.6. The lowest BCUT2D eigenvalue weighted by atomic mass is 9.80. The van der Waals surface area contributed by atoms with Gasteiger partial charge in [-0.1, -0.05) is 48.0 Å². The van der Waals surface area contributed by atoms with E-state index < -0.39 is 0 Å². The van der Waals surface area contributed by atoms with Gasteiger partial charge in [0.1, 0.15) is 11.5 Å². The Labute approximate surface area is 277 Å². The standard InChI is InChI=1S/C35H46ClN3O3S2/c1-38-18-16-34(29-8-10-31(36)11-9-29)30(22-38)23-39(19-21-44-26-28-6-14-33(42-3)15-7-28)24-35(40)37-17-20-43-25-27-4-12-32(41-2)13-5-27/h4-15,30,34H,16-26H2,1-3H3,(H,37,40)/t30-,34?/m0/s1. The maximum Gasteiger partial charge on any atom is 0.234 e. The number of thioether (sulfide) groups is 2. The number of methoxy groups -OCH3 is 2. The minimum atomic E-state index is 0.0995. The zero-order chi connectivity index (χ0) is 31.1. The molecule has 1 aliphatic rings. The second-order valence-electron chi connectivity index (χ2n) is 11.4. The summed E-state index contributed by atoms with van der Waals surface area (Å²) in [5.74, 6) is 6.43. The van der Waals surface area contributed by atoms with Crippen molar-refractivity contribution in [2.45, 2.75) is 23.8 Å². The predicted molar refractivity (Wildman–Crippen MR) is 188 cm³/mol. The largest absolute Gasteiger partial charge is 0.497 e. The van der Waals surface area contributed by atoms with Gasteiger partial charge >= 0.3 is 0 Å². The summed E-state index contributed by atoms with van der Waals surface area (Å²) >= 11 is 9.95. The minimum absolute atomic E-state index is 0.0995. The molecule has 3 aromatic rings. The first-order valence-electron chi connectivity index (χ1n) is 15.3. The molecule has 0 saturated carbocycles. The fourth-order valence-corrected chi connectivity index (χ4v) is 7.56. The van der Waals surface area contributed by atoms with E-state index in [1.54, 1.807) is 14.2 Å². The van der Waals surface area contributed by atoms with Crippen molar-refractivity contribution in [3.8, 4) is 11.5 Å². The smallest absolute Gasteiger partial charge is 0.234 e. The van der Waals surface area contributed by atoms with Gasteiger partial charge in [0.25, 0.3) is 0 Å². The third kappa shape index (κ3) is 11.5. The Kier molecular flexibility index (Phi) is 14.6. The average molecular weight is 656 g/mol. The van der Waals surface area contributed by atoms with Crippen LogP contribution in [0.3, 0.4) is 0 Å². The van der Waals surface area contributed by atoms with Crippen molar-refractivity contribution in [3.05, 3.63) is 94.5 Å². The number of carbonyl (C=O) groups is 1. The summed E-state index contributed by atoms with van der Waals surface area (Å²) in [4.78, 5) is 17.9. The molecule has 0 aliphatic carbocycles. The topological polar surface area (TPSA) is 54.0 Å². The number of nitrogens with one attached hydrogen (secondary N) is 1. The monoisotopic (exact) mass is 655 g/mol. The zero-order valence-electron chi connectivity index (χ0n) is 26.2. The third-order valence-corrected chi connectivity index (χ3v) is 10.4. The molecule has 2 atom stereocenters. The molecule has 238 valence electrons. The molecule has 1 heterocycles. The van der Waals surface area contributed by atoms with Crippen molar-refractivity contribution < 1.29 is 14.3 Å². The lowest BCUT2D eigenvalue weighted by Crippen LogP contribution is -2.46. The number of rotatable bonds is 17. The highest BCUT2D eigenvalue weighted by Crippen LogP contribution is 2.34. The molecule has 44 heavy (non-hydrogen) atoms. The van der Waals surface area contributed by atoms with E-state index in [2.05, 4.69) is 58.6 Å². The van der Waals surface area contributed by atoms with Crippen LogP contribution in [0.25, 0.3) is 0 Å². The van der Waals surface area contributed by atoms with Crippen molar-refractivity contribution in [3.63, 3.8) is 0 Å². The zero-order valence-corrected chi connectivity index (χ0v) is 28.6. The SMILES string of the molecule is COc1ccc(CSCCNC(=O)CN(CCSCc2ccc(OC)cc2)C[C@@H]2CN(C)CCC2c2ccc(Cl)cc2)cc1. The van der Waals surface area contributed by atoms with E-state index in [0.717, 1.165) is 72.1 Å². The number of amides is 1.